The predicted octanol–water partition coefficient (Wildman–Crippen LogP) is 2.32. The number of ether oxygens (including phenoxy) is 2. The number of carbonyl (C=O) groups is 1. The van der Waals surface area contributed by atoms with Crippen LogP contribution in [0.5, 0.6) is 11.5 Å². The molecule has 7 heteroatoms. The Labute approximate surface area is 148 Å². The molecule has 0 radical (unpaired) electrons. The van der Waals surface area contributed by atoms with Crippen LogP contribution in [-0.2, 0) is 0 Å². The van der Waals surface area contributed by atoms with E-state index in [1.54, 1.807) is 31.5 Å². The topological polar surface area (TPSA) is 75.7 Å². The number of amides is 1. The van der Waals surface area contributed by atoms with Crippen molar-refractivity contribution >= 4 is 17.4 Å². The molecule has 2 rings (SSSR count). The Morgan fingerprint density at radius 1 is 1.12 bits per heavy atom. The maximum Gasteiger partial charge on any atom is 0.255 e. The largest absolute Gasteiger partial charge is 0.493 e. The highest BCUT2D eigenvalue weighted by Gasteiger charge is 2.11. The molecule has 1 heterocycles. The molecule has 2 N–H and O–H groups in total. The fraction of sp³-hybridized carbons (Fsp3) is 0.333. The van der Waals surface area contributed by atoms with Crippen LogP contribution in [0.3, 0.4) is 0 Å². The number of anilines is 2. The van der Waals surface area contributed by atoms with Crippen molar-refractivity contribution in [3.05, 3.63) is 42.1 Å². The van der Waals surface area contributed by atoms with Crippen LogP contribution < -0.4 is 20.1 Å². The third-order valence-corrected chi connectivity index (χ3v) is 3.53. The first-order valence-electron chi connectivity index (χ1n) is 7.91. The van der Waals surface area contributed by atoms with Crippen LogP contribution in [-0.4, -0.2) is 57.2 Å². The minimum atomic E-state index is -0.240. The Hall–Kier alpha value is -2.80. The lowest BCUT2D eigenvalue weighted by atomic mass is 10.2. The summed E-state index contributed by atoms with van der Waals surface area (Å²) in [6.07, 6.45) is 1.62. The molecule has 7 nitrogen and oxygen atoms in total. The maximum absolute atomic E-state index is 12.4. The van der Waals surface area contributed by atoms with Gasteiger partial charge in [0.25, 0.3) is 5.91 Å². The van der Waals surface area contributed by atoms with Crippen LogP contribution in [0.15, 0.2) is 36.5 Å². The number of hydrogen-bond acceptors (Lipinski definition) is 6. The van der Waals surface area contributed by atoms with Gasteiger partial charge in [-0.1, -0.05) is 0 Å². The molecule has 0 unspecified atom stereocenters. The Morgan fingerprint density at radius 3 is 2.48 bits per heavy atom. The lowest BCUT2D eigenvalue weighted by Crippen LogP contribution is -2.21. The molecule has 0 spiro atoms. The van der Waals surface area contributed by atoms with Gasteiger partial charge in [0.1, 0.15) is 5.82 Å². The highest BCUT2D eigenvalue weighted by atomic mass is 16.5. The van der Waals surface area contributed by atoms with E-state index in [1.807, 2.05) is 26.2 Å². The number of pyridine rings is 1. The second kappa shape index (κ2) is 8.89. The minimum absolute atomic E-state index is 0.240. The van der Waals surface area contributed by atoms with Gasteiger partial charge in [-0.3, -0.25) is 4.79 Å². The van der Waals surface area contributed by atoms with Gasteiger partial charge in [-0.25, -0.2) is 4.98 Å². The molecule has 0 bridgehead atoms. The van der Waals surface area contributed by atoms with Crippen LogP contribution in [0.4, 0.5) is 11.5 Å². The number of nitrogens with one attached hydrogen (secondary N) is 2. The number of likely N-dealkylation sites (N-methyl/N-ethyl adjacent to an activating group) is 1. The molecule has 1 aromatic carbocycles. The minimum Gasteiger partial charge on any atom is -0.493 e. The van der Waals surface area contributed by atoms with Crippen molar-refractivity contribution in [1.82, 2.24) is 9.88 Å². The van der Waals surface area contributed by atoms with Crippen LogP contribution in [0.1, 0.15) is 10.4 Å². The second-order valence-electron chi connectivity index (χ2n) is 5.69. The number of benzene rings is 1. The van der Waals surface area contributed by atoms with E-state index >= 15 is 0 Å². The van der Waals surface area contributed by atoms with Gasteiger partial charge in [-0.05, 0) is 44.4 Å². The summed E-state index contributed by atoms with van der Waals surface area (Å²) in [5.74, 6) is 1.62. The molecule has 0 aliphatic rings. The quantitative estimate of drug-likeness (QED) is 0.765. The molecule has 0 saturated heterocycles. The van der Waals surface area contributed by atoms with Gasteiger partial charge in [0.05, 0.1) is 26.1 Å². The highest BCUT2D eigenvalue weighted by molar-refractivity contribution is 6.04. The highest BCUT2D eigenvalue weighted by Crippen LogP contribution is 2.27. The third-order valence-electron chi connectivity index (χ3n) is 3.53. The van der Waals surface area contributed by atoms with E-state index in [9.17, 15) is 4.79 Å². The first-order chi connectivity index (χ1) is 12.0. The summed E-state index contributed by atoms with van der Waals surface area (Å²) in [6.45, 7) is 1.72. The zero-order valence-electron chi connectivity index (χ0n) is 15.0. The molecular formula is C18H24N4O3. The van der Waals surface area contributed by atoms with Crippen LogP contribution in [0, 0.1) is 0 Å². The van der Waals surface area contributed by atoms with Gasteiger partial charge in [0, 0.05) is 18.7 Å². The zero-order valence-corrected chi connectivity index (χ0v) is 15.0. The van der Waals surface area contributed by atoms with E-state index in [-0.39, 0.29) is 5.91 Å². The van der Waals surface area contributed by atoms with Crippen molar-refractivity contribution in [3.63, 3.8) is 0 Å². The Morgan fingerprint density at radius 2 is 1.88 bits per heavy atom. The molecule has 1 amide bonds. The van der Waals surface area contributed by atoms with Gasteiger partial charge in [-0.2, -0.15) is 0 Å². The number of aromatic nitrogens is 1. The Kier molecular flexibility index (Phi) is 6.59. The smallest absolute Gasteiger partial charge is 0.255 e. The Balaban J connectivity index is 1.98. The molecule has 0 fully saturated rings. The number of methoxy groups -OCH3 is 2. The van der Waals surface area contributed by atoms with Gasteiger partial charge in [-0.15, -0.1) is 0 Å². The lowest BCUT2D eigenvalue weighted by Gasteiger charge is -2.12. The maximum atomic E-state index is 12.4. The average Bonchev–Trinajstić information content (AvgIpc) is 2.62. The van der Waals surface area contributed by atoms with Gasteiger partial charge in [0.2, 0.25) is 0 Å². The average molecular weight is 344 g/mol. The van der Waals surface area contributed by atoms with E-state index in [4.69, 9.17) is 9.47 Å². The molecule has 134 valence electrons. The van der Waals surface area contributed by atoms with Crippen molar-refractivity contribution in [2.45, 2.75) is 0 Å². The summed E-state index contributed by atoms with van der Waals surface area (Å²) < 4.78 is 10.4. The number of rotatable bonds is 8. The number of hydrogen-bond donors (Lipinski definition) is 2. The first-order valence-corrected chi connectivity index (χ1v) is 7.91. The van der Waals surface area contributed by atoms with E-state index < -0.39 is 0 Å². The number of nitrogens with zero attached hydrogens (tertiary/aromatic N) is 2. The van der Waals surface area contributed by atoms with Crippen molar-refractivity contribution in [1.29, 1.82) is 0 Å². The van der Waals surface area contributed by atoms with E-state index in [2.05, 4.69) is 20.5 Å². The standard InChI is InChI=1S/C18H24N4O3/c1-22(2)10-9-19-17-8-6-14(12-20-17)21-18(23)13-5-7-15(24-3)16(11-13)25-4/h5-8,11-12H,9-10H2,1-4H3,(H,19,20)(H,21,23). The molecule has 0 atom stereocenters. The fourth-order valence-electron chi connectivity index (χ4n) is 2.16. The first kappa shape index (κ1) is 18.5. The summed E-state index contributed by atoms with van der Waals surface area (Å²) in [7, 11) is 7.12. The van der Waals surface area contributed by atoms with Crippen LogP contribution >= 0.6 is 0 Å². The van der Waals surface area contributed by atoms with Crippen LogP contribution in [0.2, 0.25) is 0 Å². The van der Waals surface area contributed by atoms with Gasteiger partial charge >= 0.3 is 0 Å². The molecule has 25 heavy (non-hydrogen) atoms. The molecule has 1 aromatic heterocycles. The molecule has 0 aliphatic carbocycles. The monoisotopic (exact) mass is 344 g/mol. The van der Waals surface area contributed by atoms with Gasteiger partial charge in [0.15, 0.2) is 11.5 Å². The van der Waals surface area contributed by atoms with Crippen molar-refractivity contribution < 1.29 is 14.3 Å². The van der Waals surface area contributed by atoms with E-state index in [1.165, 1.54) is 7.11 Å². The Bertz CT molecular complexity index is 702. The van der Waals surface area contributed by atoms with E-state index in [0.29, 0.717) is 22.7 Å². The summed E-state index contributed by atoms with van der Waals surface area (Å²) in [5, 5.41) is 6.03. The van der Waals surface area contributed by atoms with Gasteiger partial charge < -0.3 is 25.0 Å². The van der Waals surface area contributed by atoms with Crippen molar-refractivity contribution in [3.8, 4) is 11.5 Å². The van der Waals surface area contributed by atoms with E-state index in [0.717, 1.165) is 18.9 Å². The summed E-state index contributed by atoms with van der Waals surface area (Å²) in [4.78, 5) is 18.7. The SMILES string of the molecule is COc1ccc(C(=O)Nc2ccc(NCCN(C)C)nc2)cc1OC. The predicted molar refractivity (Wildman–Crippen MR) is 98.8 cm³/mol. The third kappa shape index (κ3) is 5.36. The summed E-state index contributed by atoms with van der Waals surface area (Å²) >= 11 is 0. The summed E-state index contributed by atoms with van der Waals surface area (Å²) in [6, 6.07) is 8.66. The van der Waals surface area contributed by atoms with Crippen molar-refractivity contribution in [2.24, 2.45) is 0 Å². The normalized spacial score (nSPS) is 10.4. The van der Waals surface area contributed by atoms with Crippen molar-refractivity contribution in [2.75, 3.05) is 52.0 Å². The molecular weight excluding hydrogens is 320 g/mol. The van der Waals surface area contributed by atoms with Crippen LogP contribution in [0.25, 0.3) is 0 Å². The molecule has 0 saturated carbocycles. The molecule has 2 aromatic rings. The number of carbonyl (C=O) groups excluding carboxylic acids is 1. The lowest BCUT2D eigenvalue weighted by molar-refractivity contribution is 0.102. The summed E-state index contributed by atoms with van der Waals surface area (Å²) in [5.41, 5.74) is 1.10. The zero-order chi connectivity index (χ0) is 18.2. The molecule has 0 aliphatic heterocycles. The second-order valence-corrected chi connectivity index (χ2v) is 5.69. The fourth-order valence-corrected chi connectivity index (χ4v) is 2.16.